The number of nitrogens with zero attached hydrogens (tertiary/aromatic N) is 4. The van der Waals surface area contributed by atoms with Gasteiger partial charge in [0.1, 0.15) is 18.1 Å². The highest BCUT2D eigenvalue weighted by Gasteiger charge is 2.25. The number of anilines is 3. The summed E-state index contributed by atoms with van der Waals surface area (Å²) < 4.78 is 7.38. The lowest BCUT2D eigenvalue weighted by Crippen LogP contribution is -2.36. The van der Waals surface area contributed by atoms with Gasteiger partial charge >= 0.3 is 0 Å². The van der Waals surface area contributed by atoms with Gasteiger partial charge in [0.15, 0.2) is 0 Å². The minimum absolute atomic E-state index is 0.498. The van der Waals surface area contributed by atoms with Crippen molar-refractivity contribution in [1.82, 2.24) is 20.1 Å². The molecule has 0 saturated carbocycles. The summed E-state index contributed by atoms with van der Waals surface area (Å²) in [4.78, 5) is 19.1. The second-order valence-electron chi connectivity index (χ2n) is 9.15. The summed E-state index contributed by atoms with van der Waals surface area (Å²) in [5, 5.41) is 11.2. The van der Waals surface area contributed by atoms with Crippen molar-refractivity contribution in [2.24, 2.45) is 0 Å². The average Bonchev–Trinajstić information content (AvgIpc) is 3.42. The number of hydrogen-bond acceptors (Lipinski definition) is 7. The maximum Gasteiger partial charge on any atom is 0.146 e. The molecule has 0 amide bonds. The number of ether oxygens (including phenoxy) is 1. The lowest BCUT2D eigenvalue weighted by Gasteiger charge is -2.29. The lowest BCUT2D eigenvalue weighted by atomic mass is 9.93. The number of rotatable bonds is 7. The molecule has 4 heterocycles. The van der Waals surface area contributed by atoms with Gasteiger partial charge in [0.05, 0.1) is 26.0 Å². The molecule has 186 valence electrons. The van der Waals surface area contributed by atoms with Crippen molar-refractivity contribution in [1.29, 1.82) is 0 Å². The molecule has 0 spiro atoms. The van der Waals surface area contributed by atoms with Crippen molar-refractivity contribution in [3.8, 4) is 11.1 Å². The molecule has 6 rings (SSSR count). The molecule has 0 radical (unpaired) electrons. The molecule has 2 aliphatic rings. The van der Waals surface area contributed by atoms with E-state index in [0.717, 1.165) is 60.5 Å². The summed E-state index contributed by atoms with van der Waals surface area (Å²) in [6, 6.07) is 18.0. The van der Waals surface area contributed by atoms with Gasteiger partial charge in [-0.2, -0.15) is 5.10 Å². The zero-order valence-corrected chi connectivity index (χ0v) is 20.4. The molecule has 2 aromatic carbocycles. The number of carbonyl (C=O) groups is 1. The molecule has 8 heteroatoms. The standard InChI is InChI=1S/C29H28N6O2/c36-20-27-28-25(10-11-30-27)26(22-16-32-35(19-22)18-21-4-2-1-3-5-21)17-31-29(28)33-23-6-8-24(9-7-23)34-12-14-37-15-13-34/h1-11,16-17,19-20,27,30H,12-15,18H2,(H,31,33). The van der Waals surface area contributed by atoms with Crippen molar-refractivity contribution in [2.75, 3.05) is 36.5 Å². The fourth-order valence-corrected chi connectivity index (χ4v) is 4.86. The second kappa shape index (κ2) is 10.3. The first-order valence-electron chi connectivity index (χ1n) is 12.5. The number of benzene rings is 2. The van der Waals surface area contributed by atoms with E-state index in [1.807, 2.05) is 65.9 Å². The largest absolute Gasteiger partial charge is 0.378 e. The molecule has 0 aliphatic carbocycles. The maximum absolute atomic E-state index is 12.0. The molecule has 37 heavy (non-hydrogen) atoms. The van der Waals surface area contributed by atoms with Crippen LogP contribution in [0.15, 0.2) is 79.4 Å². The molecule has 2 N–H and O–H groups in total. The summed E-state index contributed by atoms with van der Waals surface area (Å²) in [6.07, 6.45) is 10.5. The number of aldehydes is 1. The number of aromatic nitrogens is 3. The number of fused-ring (bicyclic) bond motifs is 1. The third-order valence-corrected chi connectivity index (χ3v) is 6.77. The van der Waals surface area contributed by atoms with Crippen molar-refractivity contribution < 1.29 is 9.53 Å². The van der Waals surface area contributed by atoms with Gasteiger partial charge in [-0.1, -0.05) is 30.3 Å². The van der Waals surface area contributed by atoms with Crippen molar-refractivity contribution in [3.63, 3.8) is 0 Å². The Labute approximate surface area is 215 Å². The fraction of sp³-hybridized carbons (Fsp3) is 0.207. The summed E-state index contributed by atoms with van der Waals surface area (Å²) >= 11 is 0. The van der Waals surface area contributed by atoms with Crippen LogP contribution in [0.5, 0.6) is 0 Å². The van der Waals surface area contributed by atoms with Crippen LogP contribution in [0.3, 0.4) is 0 Å². The quantitative estimate of drug-likeness (QED) is 0.370. The van der Waals surface area contributed by atoms with Gasteiger partial charge in [-0.25, -0.2) is 4.98 Å². The van der Waals surface area contributed by atoms with Crippen LogP contribution in [0.2, 0.25) is 0 Å². The van der Waals surface area contributed by atoms with Gasteiger partial charge < -0.3 is 25.1 Å². The van der Waals surface area contributed by atoms with Gasteiger partial charge in [0.25, 0.3) is 0 Å². The highest BCUT2D eigenvalue weighted by Crippen LogP contribution is 2.37. The fourth-order valence-electron chi connectivity index (χ4n) is 4.86. The molecule has 2 aromatic heterocycles. The van der Waals surface area contributed by atoms with E-state index in [2.05, 4.69) is 44.9 Å². The number of morpholine rings is 1. The van der Waals surface area contributed by atoms with E-state index >= 15 is 0 Å². The van der Waals surface area contributed by atoms with Gasteiger partial charge in [0.2, 0.25) is 0 Å². The summed E-state index contributed by atoms with van der Waals surface area (Å²) in [5.74, 6) is 0.656. The molecule has 1 fully saturated rings. The van der Waals surface area contributed by atoms with E-state index in [4.69, 9.17) is 9.72 Å². The average molecular weight is 493 g/mol. The maximum atomic E-state index is 12.0. The summed E-state index contributed by atoms with van der Waals surface area (Å²) in [7, 11) is 0. The predicted molar refractivity (Wildman–Crippen MR) is 145 cm³/mol. The van der Waals surface area contributed by atoms with E-state index in [9.17, 15) is 4.79 Å². The van der Waals surface area contributed by atoms with E-state index in [0.29, 0.717) is 12.4 Å². The molecule has 1 saturated heterocycles. The Morgan fingerprint density at radius 2 is 1.86 bits per heavy atom. The first-order valence-corrected chi connectivity index (χ1v) is 12.5. The van der Waals surface area contributed by atoms with Crippen molar-refractivity contribution in [2.45, 2.75) is 12.6 Å². The molecule has 1 atom stereocenters. The highest BCUT2D eigenvalue weighted by molar-refractivity contribution is 5.85. The van der Waals surface area contributed by atoms with Crippen LogP contribution in [0.25, 0.3) is 17.2 Å². The third-order valence-electron chi connectivity index (χ3n) is 6.77. The van der Waals surface area contributed by atoms with Crippen LogP contribution < -0.4 is 15.5 Å². The number of carbonyl (C=O) groups excluding carboxylic acids is 1. The van der Waals surface area contributed by atoms with Crippen LogP contribution in [-0.4, -0.2) is 47.4 Å². The van der Waals surface area contributed by atoms with Crippen molar-refractivity contribution in [3.05, 3.63) is 96.1 Å². The van der Waals surface area contributed by atoms with Gasteiger partial charge in [-0.3, -0.25) is 4.68 Å². The van der Waals surface area contributed by atoms with E-state index in [1.165, 1.54) is 11.3 Å². The number of hydrogen-bond donors (Lipinski definition) is 2. The first-order chi connectivity index (χ1) is 18.3. The Hall–Kier alpha value is -4.43. The Balaban J connectivity index is 1.29. The second-order valence-corrected chi connectivity index (χ2v) is 9.15. The van der Waals surface area contributed by atoms with Crippen LogP contribution in [-0.2, 0) is 16.1 Å². The van der Waals surface area contributed by atoms with E-state index in [1.54, 1.807) is 0 Å². The molecule has 2 aliphatic heterocycles. The van der Waals surface area contributed by atoms with E-state index < -0.39 is 6.04 Å². The Bertz CT molecular complexity index is 1410. The molecular weight excluding hydrogens is 464 g/mol. The molecule has 0 bridgehead atoms. The number of pyridine rings is 1. The minimum atomic E-state index is -0.498. The normalized spacial score (nSPS) is 16.6. The zero-order valence-electron chi connectivity index (χ0n) is 20.4. The predicted octanol–water partition coefficient (Wildman–Crippen LogP) is 4.39. The summed E-state index contributed by atoms with van der Waals surface area (Å²) in [6.45, 7) is 3.97. The summed E-state index contributed by atoms with van der Waals surface area (Å²) in [5.41, 5.74) is 6.93. The lowest BCUT2D eigenvalue weighted by molar-refractivity contribution is -0.109. The van der Waals surface area contributed by atoms with Gasteiger partial charge in [0, 0.05) is 53.5 Å². The Morgan fingerprint density at radius 1 is 1.05 bits per heavy atom. The molecule has 8 nitrogen and oxygen atoms in total. The highest BCUT2D eigenvalue weighted by atomic mass is 16.5. The Kier molecular flexibility index (Phi) is 6.39. The van der Waals surface area contributed by atoms with Crippen LogP contribution in [0, 0.1) is 0 Å². The van der Waals surface area contributed by atoms with Gasteiger partial charge in [-0.05, 0) is 47.7 Å². The smallest absolute Gasteiger partial charge is 0.146 e. The van der Waals surface area contributed by atoms with E-state index in [-0.39, 0.29) is 0 Å². The van der Waals surface area contributed by atoms with Crippen LogP contribution in [0.4, 0.5) is 17.2 Å². The van der Waals surface area contributed by atoms with Crippen LogP contribution >= 0.6 is 0 Å². The first kappa shape index (κ1) is 23.0. The molecule has 4 aromatic rings. The zero-order chi connectivity index (χ0) is 25.0. The monoisotopic (exact) mass is 492 g/mol. The van der Waals surface area contributed by atoms with Crippen LogP contribution in [0.1, 0.15) is 22.7 Å². The van der Waals surface area contributed by atoms with Crippen molar-refractivity contribution >= 4 is 29.6 Å². The SMILES string of the molecule is O=CC1NC=Cc2c(-c3cnn(Cc4ccccc4)c3)cnc(Nc3ccc(N4CCOCC4)cc3)c21. The third kappa shape index (κ3) is 4.83. The molecule has 1 unspecified atom stereocenters. The topological polar surface area (TPSA) is 84.3 Å². The minimum Gasteiger partial charge on any atom is -0.378 e. The molecular formula is C29H28N6O2. The Morgan fingerprint density at radius 3 is 2.65 bits per heavy atom. The number of nitrogens with one attached hydrogen (secondary N) is 2. The van der Waals surface area contributed by atoms with Gasteiger partial charge in [-0.15, -0.1) is 0 Å².